The van der Waals surface area contributed by atoms with Crippen molar-refractivity contribution in [1.29, 1.82) is 0 Å². The zero-order chi connectivity index (χ0) is 98.9. The standard InChI is InChI=1S/C38H23N3O3S.C26H15BrN2O3.C14H7BrINO2.C12H9NO.C12H9NS.C8H4O3.C6H5BrIN/c42-37-27-11-1-2-12-28(27)38(43)41(37)26-22-24(39-29-13-3-7-17-33(29)44-34-18-8-4-14-30(34)39)21-25(23-26)40-31-15-5-9-19-35(31)45-36-20-10-6-16-32(36)40;27-16-13-17(15-18(14-16)29-25(30)19-7-1-2-8-20(19)26(29)31)28-21-9-3-5-11-23(21)32-24-12-6-4-10-22(24)28;15-8-5-9(16)7-10(6-8)17-13(18)11-3-1-2-4-12(11)14(17)19;2*1-3-7-11-9(5-1)13-10-6-2-4-8-12(10)14-11;9-7-5-3-1-2-4-6(5)8(10)11-7;7-4-1-5(8)3-6(9)2-4/h1-23H;1-15H;1-7H;2*1-8,13H;1-4H;1-3H,9H2. The van der Waals surface area contributed by atoms with Gasteiger partial charge in [-0.05, 0) is 288 Å². The Labute approximate surface area is 886 Å². The minimum atomic E-state index is -0.550. The molecular formula is C116H72Br3I2N9O12S2. The number of hydrogen-bond acceptors (Lipinski definition) is 20. The van der Waals surface area contributed by atoms with E-state index in [4.69, 9.17) is 19.9 Å². The molecule has 144 heavy (non-hydrogen) atoms. The number of esters is 2. The molecule has 0 fully saturated rings. The van der Waals surface area contributed by atoms with Crippen LogP contribution in [0.5, 0.6) is 34.5 Å². The van der Waals surface area contributed by atoms with E-state index in [1.54, 1.807) is 121 Å². The Kier molecular flexibility index (Phi) is 27.0. The van der Waals surface area contributed by atoms with Crippen LogP contribution in [-0.2, 0) is 4.74 Å². The number of halogens is 5. The van der Waals surface area contributed by atoms with Crippen LogP contribution in [0.1, 0.15) is 82.9 Å². The molecule has 9 aliphatic rings. The first kappa shape index (κ1) is 94.6. The molecule has 0 spiro atoms. The van der Waals surface area contributed by atoms with Gasteiger partial charge in [0, 0.05) is 51.5 Å². The summed E-state index contributed by atoms with van der Waals surface area (Å²) in [6.45, 7) is 0. The molecule has 0 unspecified atom stereocenters. The monoisotopic (exact) mass is 2340 g/mol. The summed E-state index contributed by atoms with van der Waals surface area (Å²) >= 11 is 18.2. The van der Waals surface area contributed by atoms with Crippen LogP contribution in [-0.4, -0.2) is 47.4 Å². The summed E-state index contributed by atoms with van der Waals surface area (Å²) in [4.78, 5) is 115. The van der Waals surface area contributed by atoms with Gasteiger partial charge in [-0.2, -0.15) is 0 Å². The predicted molar refractivity (Wildman–Crippen MR) is 592 cm³/mol. The molecule has 0 bridgehead atoms. The van der Waals surface area contributed by atoms with Crippen molar-refractivity contribution in [2.24, 2.45) is 0 Å². The third-order valence-electron chi connectivity index (χ3n) is 23.8. The Balaban J connectivity index is 0.000000107. The van der Waals surface area contributed by atoms with Gasteiger partial charge in [-0.3, -0.25) is 28.8 Å². The van der Waals surface area contributed by atoms with E-state index in [-0.39, 0.29) is 35.4 Å². The van der Waals surface area contributed by atoms with Crippen LogP contribution in [0, 0.1) is 7.14 Å². The number of ether oxygens (including phenoxy) is 4. The Morgan fingerprint density at radius 1 is 0.222 bits per heavy atom. The lowest BCUT2D eigenvalue weighted by molar-refractivity contribution is 0.0442. The number of nitrogens with one attached hydrogen (secondary N) is 2. The maximum atomic E-state index is 13.8. The van der Waals surface area contributed by atoms with Crippen LogP contribution in [0.2, 0.25) is 0 Å². The zero-order valence-electron chi connectivity index (χ0n) is 75.1. The number of carbonyl (C=O) groups excluding carboxylic acids is 8. The Morgan fingerprint density at radius 2 is 0.458 bits per heavy atom. The zero-order valence-corrected chi connectivity index (χ0v) is 85.8. The first-order valence-corrected chi connectivity index (χ1v) is 51.0. The summed E-state index contributed by atoms with van der Waals surface area (Å²) in [6, 6.07) is 131. The van der Waals surface area contributed by atoms with Gasteiger partial charge >= 0.3 is 11.9 Å². The Bertz CT molecular complexity index is 7600. The van der Waals surface area contributed by atoms with E-state index >= 15 is 0 Å². The Morgan fingerprint density at radius 3 is 0.812 bits per heavy atom. The van der Waals surface area contributed by atoms with Crippen molar-refractivity contribution in [3.8, 4) is 34.5 Å². The second-order valence-electron chi connectivity index (χ2n) is 33.0. The molecule has 18 aromatic carbocycles. The number of hydrogen-bond donors (Lipinski definition) is 3. The first-order valence-electron chi connectivity index (χ1n) is 44.9. The highest BCUT2D eigenvalue weighted by atomic mass is 127. The van der Waals surface area contributed by atoms with Gasteiger partial charge in [-0.15, -0.1) is 0 Å². The molecule has 4 N–H and O–H groups in total. The minimum absolute atomic E-state index is 0.269. The fourth-order valence-corrected chi connectivity index (χ4v) is 23.2. The average molecular weight is 2340 g/mol. The smallest absolute Gasteiger partial charge is 0.346 e. The molecule has 6 amide bonds. The number of cyclic esters (lactones) is 2. The van der Waals surface area contributed by atoms with Gasteiger partial charge in [-0.1, -0.05) is 241 Å². The number of nitrogens with two attached hydrogens (primary N) is 1. The summed E-state index contributed by atoms with van der Waals surface area (Å²) in [5.41, 5.74) is 23.5. The highest BCUT2D eigenvalue weighted by Crippen LogP contribution is 2.58. The van der Waals surface area contributed by atoms with Crippen molar-refractivity contribution in [3.63, 3.8) is 0 Å². The number of carbonyl (C=O) groups is 8. The fourth-order valence-electron chi connectivity index (χ4n) is 17.4. The largest absolute Gasteiger partial charge is 0.453 e. The van der Waals surface area contributed by atoms with Gasteiger partial charge in [0.25, 0.3) is 35.4 Å². The summed E-state index contributed by atoms with van der Waals surface area (Å²) in [5, 5.41) is 6.74. The molecule has 18 aromatic rings. The number of nitrogens with zero attached hydrogens (tertiary/aromatic N) is 6. The number of nitrogen functional groups attached to an aromatic ring is 1. The molecule has 9 heterocycles. The average Bonchev–Trinajstić information content (AvgIpc) is 1.14. The molecular weight excluding hydrogens is 2270 g/mol. The van der Waals surface area contributed by atoms with Crippen molar-refractivity contribution >= 4 is 261 Å². The maximum absolute atomic E-state index is 13.8. The summed E-state index contributed by atoms with van der Waals surface area (Å²) in [6.07, 6.45) is 0. The second-order valence-corrected chi connectivity index (χ2v) is 40.4. The second kappa shape index (κ2) is 41.1. The topological polar surface area (TPSA) is 243 Å². The highest BCUT2D eigenvalue weighted by molar-refractivity contribution is 14.1. The third kappa shape index (κ3) is 19.1. The van der Waals surface area contributed by atoms with Crippen LogP contribution in [0.15, 0.2) is 446 Å². The van der Waals surface area contributed by atoms with Gasteiger partial charge in [0.15, 0.2) is 34.5 Å². The van der Waals surface area contributed by atoms with Crippen molar-refractivity contribution < 1.29 is 57.3 Å². The molecule has 0 saturated heterocycles. The molecule has 0 radical (unpaired) electrons. The molecule has 21 nitrogen and oxygen atoms in total. The number of amides is 6. The molecule has 0 aromatic heterocycles. The van der Waals surface area contributed by atoms with Gasteiger partial charge in [-0.25, -0.2) is 24.3 Å². The number of rotatable bonds is 6. The van der Waals surface area contributed by atoms with Gasteiger partial charge in [0.05, 0.1) is 130 Å². The van der Waals surface area contributed by atoms with E-state index in [9.17, 15) is 38.4 Å². The molecule has 28 heteroatoms. The quantitative estimate of drug-likeness (QED) is 0.0461. The number of imide groups is 3. The number of para-hydroxylation sites is 16. The van der Waals surface area contributed by atoms with Crippen LogP contribution in [0.4, 0.5) is 96.7 Å². The molecule has 9 aliphatic heterocycles. The van der Waals surface area contributed by atoms with Crippen LogP contribution < -0.4 is 60.0 Å². The van der Waals surface area contributed by atoms with Crippen LogP contribution >= 0.6 is 116 Å². The SMILES string of the molecule is Nc1cc(Br)cc(I)c1.O=C1OC(=O)c2ccccc21.O=C1c2ccccc2C(=O)N1c1cc(Br)cc(I)c1.O=C1c2ccccc2C(=O)N1c1cc(Br)cc(N2c3ccccc3Oc3ccccc32)c1.O=C1c2ccccc2C(=O)N1c1cc(N2c3ccccc3Oc3ccccc32)cc(N2c3ccccc3Sc3ccccc32)c1.c1ccc2c(c1)Nc1ccccc1O2.c1ccc2c(c1)Nc1ccccc1S2. The number of benzene rings is 18. The lowest BCUT2D eigenvalue weighted by atomic mass is 10.1. The van der Waals surface area contributed by atoms with Crippen LogP contribution in [0.25, 0.3) is 0 Å². The first-order chi connectivity index (χ1) is 70.2. The predicted octanol–water partition coefficient (Wildman–Crippen LogP) is 31.7. The molecule has 700 valence electrons. The maximum Gasteiger partial charge on any atom is 0.346 e. The number of anilines is 17. The van der Waals surface area contributed by atoms with Crippen molar-refractivity contribution in [1.82, 2.24) is 0 Å². The number of fused-ring (bicyclic) bond motifs is 14. The lowest BCUT2D eigenvalue weighted by Crippen LogP contribution is -2.30. The van der Waals surface area contributed by atoms with E-state index in [0.29, 0.717) is 73.1 Å². The van der Waals surface area contributed by atoms with E-state index in [2.05, 4.69) is 202 Å². The van der Waals surface area contributed by atoms with Crippen LogP contribution in [0.3, 0.4) is 0 Å². The van der Waals surface area contributed by atoms with Gasteiger partial charge in [0.2, 0.25) is 0 Å². The van der Waals surface area contributed by atoms with E-state index in [0.717, 1.165) is 122 Å². The van der Waals surface area contributed by atoms with Crippen molar-refractivity contribution in [2.45, 2.75) is 19.6 Å². The highest BCUT2D eigenvalue weighted by Gasteiger charge is 2.42. The molecule has 0 saturated carbocycles. The van der Waals surface area contributed by atoms with E-state index < -0.39 is 11.9 Å². The lowest BCUT2D eigenvalue weighted by Gasteiger charge is -2.36. The van der Waals surface area contributed by atoms with Crippen molar-refractivity contribution in [3.05, 3.63) is 478 Å². The van der Waals surface area contributed by atoms with Gasteiger partial charge < -0.3 is 50.0 Å². The molecule has 0 aliphatic carbocycles. The fraction of sp³-hybridized carbons (Fsp3) is 0. The van der Waals surface area contributed by atoms with E-state index in [1.165, 1.54) is 35.9 Å². The summed E-state index contributed by atoms with van der Waals surface area (Å²) < 4.78 is 27.2. The molecule has 27 rings (SSSR count). The van der Waals surface area contributed by atoms with E-state index in [1.807, 2.05) is 236 Å². The third-order valence-corrected chi connectivity index (χ3v) is 28.7. The van der Waals surface area contributed by atoms with Crippen molar-refractivity contribution in [2.75, 3.05) is 45.8 Å². The minimum Gasteiger partial charge on any atom is -0.453 e. The normalized spacial score (nSPS) is 13.5. The Hall–Kier alpha value is -15.7. The van der Waals surface area contributed by atoms with Gasteiger partial charge in [0.1, 0.15) is 0 Å². The summed E-state index contributed by atoms with van der Waals surface area (Å²) in [5.74, 6) is 1.70. The molecule has 0 atom stereocenters. The summed E-state index contributed by atoms with van der Waals surface area (Å²) in [7, 11) is 0.